The Morgan fingerprint density at radius 3 is 2.44 bits per heavy atom. The van der Waals surface area contributed by atoms with Crippen molar-refractivity contribution >= 4 is 15.9 Å². The Balaban J connectivity index is 1.79. The van der Waals surface area contributed by atoms with Gasteiger partial charge in [-0.15, -0.1) is 10.2 Å². The number of hydrogen-bond acceptors (Lipinski definition) is 4. The summed E-state index contributed by atoms with van der Waals surface area (Å²) >= 11 is 0. The average molecular weight is 357 g/mol. The number of aromatic nitrogens is 3. The summed E-state index contributed by atoms with van der Waals surface area (Å²) in [4.78, 5) is 0. The Labute approximate surface area is 146 Å². The molecule has 1 aromatic heterocycles. The highest BCUT2D eigenvalue weighted by molar-refractivity contribution is 7.90. The Morgan fingerprint density at radius 1 is 1.04 bits per heavy atom. The molecule has 0 radical (unpaired) electrons. The van der Waals surface area contributed by atoms with Gasteiger partial charge in [0, 0.05) is 6.54 Å². The second-order valence-electron chi connectivity index (χ2n) is 5.48. The van der Waals surface area contributed by atoms with Crippen molar-refractivity contribution in [3.8, 4) is 5.69 Å². The molecule has 2 N–H and O–H groups in total. The summed E-state index contributed by atoms with van der Waals surface area (Å²) in [5, 5.41) is 7.54. The molecule has 7 nitrogen and oxygen atoms in total. The van der Waals surface area contributed by atoms with Crippen LogP contribution in [0.25, 0.3) is 5.69 Å². The van der Waals surface area contributed by atoms with Crippen LogP contribution in [0.4, 0.5) is 5.69 Å². The van der Waals surface area contributed by atoms with Crippen LogP contribution in [0, 0.1) is 0 Å². The van der Waals surface area contributed by atoms with Gasteiger partial charge in [0.2, 0.25) is 0 Å². The Morgan fingerprint density at radius 2 is 1.76 bits per heavy atom. The number of benzene rings is 2. The standard InChI is InChI=1S/C17H19N5O2S/c1-2-15-8-9-16(22-12-18-19-13-22)10-17(15)21-25(23,24)20-11-14-6-4-3-5-7-14/h3-10,12-13,20-21H,2,11H2,1H3. The molecular weight excluding hydrogens is 338 g/mol. The van der Waals surface area contributed by atoms with Crippen LogP contribution in [0.5, 0.6) is 0 Å². The monoisotopic (exact) mass is 357 g/mol. The van der Waals surface area contributed by atoms with Crippen molar-refractivity contribution < 1.29 is 8.42 Å². The van der Waals surface area contributed by atoms with Crippen LogP contribution < -0.4 is 9.44 Å². The third kappa shape index (κ3) is 4.43. The predicted molar refractivity (Wildman–Crippen MR) is 96.6 cm³/mol. The van der Waals surface area contributed by atoms with E-state index in [0.717, 1.165) is 16.8 Å². The van der Waals surface area contributed by atoms with E-state index in [-0.39, 0.29) is 6.54 Å². The summed E-state index contributed by atoms with van der Waals surface area (Å²) in [7, 11) is -3.69. The van der Waals surface area contributed by atoms with Gasteiger partial charge in [0.1, 0.15) is 12.7 Å². The molecule has 3 aromatic rings. The van der Waals surface area contributed by atoms with Gasteiger partial charge in [-0.3, -0.25) is 9.29 Å². The minimum absolute atomic E-state index is 0.225. The summed E-state index contributed by atoms with van der Waals surface area (Å²) in [6.45, 7) is 2.20. The SMILES string of the molecule is CCc1ccc(-n2cnnc2)cc1NS(=O)(=O)NCc1ccccc1. The summed E-state index contributed by atoms with van der Waals surface area (Å²) in [6, 6.07) is 14.9. The minimum Gasteiger partial charge on any atom is -0.288 e. The molecule has 25 heavy (non-hydrogen) atoms. The molecule has 0 aliphatic carbocycles. The smallest absolute Gasteiger partial charge is 0.288 e. The van der Waals surface area contributed by atoms with E-state index < -0.39 is 10.2 Å². The third-order valence-electron chi connectivity index (χ3n) is 3.74. The highest BCUT2D eigenvalue weighted by atomic mass is 32.2. The lowest BCUT2D eigenvalue weighted by Gasteiger charge is -2.14. The molecule has 0 bridgehead atoms. The molecule has 0 atom stereocenters. The van der Waals surface area contributed by atoms with Gasteiger partial charge in [-0.25, -0.2) is 0 Å². The quantitative estimate of drug-likeness (QED) is 0.679. The van der Waals surface area contributed by atoms with Gasteiger partial charge in [0.05, 0.1) is 11.4 Å². The molecule has 0 unspecified atom stereocenters. The van der Waals surface area contributed by atoms with Crippen molar-refractivity contribution in [2.75, 3.05) is 4.72 Å². The van der Waals surface area contributed by atoms with Crippen LogP contribution in [-0.2, 0) is 23.2 Å². The van der Waals surface area contributed by atoms with Crippen LogP contribution in [0.3, 0.4) is 0 Å². The topological polar surface area (TPSA) is 88.9 Å². The number of nitrogens with zero attached hydrogens (tertiary/aromatic N) is 3. The summed E-state index contributed by atoms with van der Waals surface area (Å²) in [5.41, 5.74) is 3.11. The number of rotatable bonds is 7. The van der Waals surface area contributed by atoms with Gasteiger partial charge in [-0.2, -0.15) is 13.1 Å². The van der Waals surface area contributed by atoms with E-state index in [9.17, 15) is 8.42 Å². The lowest BCUT2D eigenvalue weighted by atomic mass is 10.1. The zero-order valence-electron chi connectivity index (χ0n) is 13.8. The van der Waals surface area contributed by atoms with Crippen molar-refractivity contribution in [1.82, 2.24) is 19.5 Å². The molecule has 0 aliphatic heterocycles. The lowest BCUT2D eigenvalue weighted by molar-refractivity contribution is 0.587. The molecule has 0 fully saturated rings. The van der Waals surface area contributed by atoms with Crippen molar-refractivity contribution in [2.45, 2.75) is 19.9 Å². The average Bonchev–Trinajstić information content (AvgIpc) is 3.15. The van der Waals surface area contributed by atoms with Crippen LogP contribution in [-0.4, -0.2) is 23.2 Å². The Kier molecular flexibility index (Phi) is 5.11. The van der Waals surface area contributed by atoms with Gasteiger partial charge >= 0.3 is 0 Å². The maximum absolute atomic E-state index is 12.4. The largest absolute Gasteiger partial charge is 0.299 e. The molecule has 8 heteroatoms. The number of hydrogen-bond donors (Lipinski definition) is 2. The first-order valence-electron chi connectivity index (χ1n) is 7.86. The summed E-state index contributed by atoms with van der Waals surface area (Å²) in [5.74, 6) is 0. The fraction of sp³-hybridized carbons (Fsp3) is 0.176. The minimum atomic E-state index is -3.69. The van der Waals surface area contributed by atoms with Crippen molar-refractivity contribution in [1.29, 1.82) is 0 Å². The van der Waals surface area contributed by atoms with Gasteiger partial charge in [-0.05, 0) is 29.7 Å². The van der Waals surface area contributed by atoms with E-state index >= 15 is 0 Å². The molecule has 2 aromatic carbocycles. The molecule has 0 spiro atoms. The first kappa shape index (κ1) is 17.1. The van der Waals surface area contributed by atoms with Crippen LogP contribution in [0.15, 0.2) is 61.2 Å². The zero-order valence-corrected chi connectivity index (χ0v) is 14.6. The predicted octanol–water partition coefficient (Wildman–Crippen LogP) is 2.28. The van der Waals surface area contributed by atoms with E-state index in [4.69, 9.17) is 0 Å². The van der Waals surface area contributed by atoms with Crippen molar-refractivity contribution in [3.05, 3.63) is 72.3 Å². The molecule has 0 amide bonds. The fourth-order valence-corrected chi connectivity index (χ4v) is 3.33. The maximum Gasteiger partial charge on any atom is 0.299 e. The molecule has 0 saturated carbocycles. The fourth-order valence-electron chi connectivity index (χ4n) is 2.42. The first-order valence-corrected chi connectivity index (χ1v) is 9.35. The van der Waals surface area contributed by atoms with Crippen molar-refractivity contribution in [3.63, 3.8) is 0 Å². The highest BCUT2D eigenvalue weighted by Crippen LogP contribution is 2.21. The molecule has 1 heterocycles. The van der Waals surface area contributed by atoms with Gasteiger partial charge in [0.25, 0.3) is 10.2 Å². The normalized spacial score (nSPS) is 11.4. The maximum atomic E-state index is 12.4. The first-order chi connectivity index (χ1) is 12.1. The number of anilines is 1. The Hall–Kier alpha value is -2.71. The van der Waals surface area contributed by atoms with E-state index in [2.05, 4.69) is 19.6 Å². The third-order valence-corrected chi connectivity index (χ3v) is 4.76. The van der Waals surface area contributed by atoms with Gasteiger partial charge < -0.3 is 0 Å². The second kappa shape index (κ2) is 7.45. The molecule has 130 valence electrons. The molecule has 0 aliphatic rings. The Bertz CT molecular complexity index is 925. The molecule has 0 saturated heterocycles. The van der Waals surface area contributed by atoms with E-state index in [1.165, 1.54) is 0 Å². The van der Waals surface area contributed by atoms with Crippen molar-refractivity contribution in [2.24, 2.45) is 0 Å². The highest BCUT2D eigenvalue weighted by Gasteiger charge is 2.13. The summed E-state index contributed by atoms with van der Waals surface area (Å²) < 4.78 is 31.7. The van der Waals surface area contributed by atoms with Gasteiger partial charge in [-0.1, -0.05) is 43.3 Å². The van der Waals surface area contributed by atoms with E-state index in [1.54, 1.807) is 23.3 Å². The summed E-state index contributed by atoms with van der Waals surface area (Å²) in [6.07, 6.45) is 3.83. The number of aryl methyl sites for hydroxylation is 1. The van der Waals surface area contributed by atoms with Gasteiger partial charge in [0.15, 0.2) is 0 Å². The lowest BCUT2D eigenvalue weighted by Crippen LogP contribution is -2.30. The van der Waals surface area contributed by atoms with E-state index in [0.29, 0.717) is 12.1 Å². The molecular formula is C17H19N5O2S. The second-order valence-corrected chi connectivity index (χ2v) is 6.98. The number of nitrogens with one attached hydrogen (secondary N) is 2. The van der Waals surface area contributed by atoms with E-state index in [1.807, 2.05) is 49.4 Å². The van der Waals surface area contributed by atoms with Crippen LogP contribution >= 0.6 is 0 Å². The zero-order chi connectivity index (χ0) is 17.7. The molecule has 3 rings (SSSR count). The van der Waals surface area contributed by atoms with Crippen LogP contribution in [0.1, 0.15) is 18.1 Å². The van der Waals surface area contributed by atoms with Crippen LogP contribution in [0.2, 0.25) is 0 Å².